The highest BCUT2D eigenvalue weighted by molar-refractivity contribution is 6.52. The van der Waals surface area contributed by atoms with Crippen LogP contribution >= 0.6 is 11.6 Å². The molecule has 0 bridgehead atoms. The van der Waals surface area contributed by atoms with Crippen LogP contribution in [0, 0.1) is 6.92 Å². The van der Waals surface area contributed by atoms with E-state index in [2.05, 4.69) is 18.7 Å². The van der Waals surface area contributed by atoms with Crippen LogP contribution in [0.15, 0.2) is 66.2 Å². The van der Waals surface area contributed by atoms with Crippen LogP contribution in [0.4, 0.5) is 11.4 Å². The summed E-state index contributed by atoms with van der Waals surface area (Å²) in [5, 5.41) is 22.3. The van der Waals surface area contributed by atoms with Crippen molar-refractivity contribution in [1.82, 2.24) is 0 Å². The fraction of sp³-hybridized carbons (Fsp3) is 0.241. The summed E-state index contributed by atoms with van der Waals surface area (Å²) in [7, 11) is 1.47. The lowest BCUT2D eigenvalue weighted by Crippen LogP contribution is -2.29. The first kappa shape index (κ1) is 26.1. The third-order valence-corrected chi connectivity index (χ3v) is 6.89. The smallest absolute Gasteiger partial charge is 0.300 e. The predicted molar refractivity (Wildman–Crippen MR) is 146 cm³/mol. The first-order valence-electron chi connectivity index (χ1n) is 12.0. The lowest BCUT2D eigenvalue weighted by atomic mass is 9.94. The summed E-state index contributed by atoms with van der Waals surface area (Å²) in [6, 6.07) is 16.0. The van der Waals surface area contributed by atoms with E-state index in [1.165, 1.54) is 24.1 Å². The lowest BCUT2D eigenvalue weighted by Gasteiger charge is -2.27. The number of hydrogen-bond donors (Lipinski definition) is 2. The van der Waals surface area contributed by atoms with E-state index in [1.807, 2.05) is 31.2 Å². The number of anilines is 2. The lowest BCUT2D eigenvalue weighted by molar-refractivity contribution is -0.132. The average molecular weight is 521 g/mol. The molecule has 0 aromatic heterocycles. The van der Waals surface area contributed by atoms with Gasteiger partial charge in [0.1, 0.15) is 17.3 Å². The normalized spacial score (nSPS) is 16.8. The maximum Gasteiger partial charge on any atom is 0.300 e. The number of carbonyl (C=O) groups excluding carboxylic acids is 2. The maximum atomic E-state index is 13.4. The van der Waals surface area contributed by atoms with E-state index in [0.29, 0.717) is 11.3 Å². The third-order valence-electron chi connectivity index (χ3n) is 6.60. The summed E-state index contributed by atoms with van der Waals surface area (Å²) in [4.78, 5) is 30.2. The van der Waals surface area contributed by atoms with Gasteiger partial charge in [0.15, 0.2) is 0 Å². The van der Waals surface area contributed by atoms with Crippen LogP contribution in [0.1, 0.15) is 36.6 Å². The fourth-order valence-corrected chi connectivity index (χ4v) is 4.91. The van der Waals surface area contributed by atoms with Gasteiger partial charge in [-0.1, -0.05) is 29.8 Å². The van der Waals surface area contributed by atoms with Gasteiger partial charge in [0, 0.05) is 24.3 Å². The molecule has 3 aromatic carbocycles. The maximum absolute atomic E-state index is 13.4. The summed E-state index contributed by atoms with van der Waals surface area (Å²) in [5.74, 6) is -1.81. The van der Waals surface area contributed by atoms with Gasteiger partial charge in [-0.25, -0.2) is 0 Å². The monoisotopic (exact) mass is 520 g/mol. The zero-order valence-electron chi connectivity index (χ0n) is 21.2. The number of amides is 1. The molecule has 0 saturated carbocycles. The van der Waals surface area contributed by atoms with Gasteiger partial charge in [-0.3, -0.25) is 14.5 Å². The highest BCUT2D eigenvalue weighted by Crippen LogP contribution is 2.45. The number of carbonyl (C=O) groups is 2. The number of phenolic OH excluding ortho intramolecular Hbond substituents is 1. The number of aliphatic hydroxyl groups excluding tert-OH is 1. The molecule has 1 amide bonds. The van der Waals surface area contributed by atoms with Crippen LogP contribution in [0.3, 0.4) is 0 Å². The number of aromatic hydroxyl groups is 1. The Bertz CT molecular complexity index is 1380. The van der Waals surface area contributed by atoms with Crippen molar-refractivity contribution >= 4 is 40.4 Å². The molecule has 1 aliphatic rings. The molecule has 1 heterocycles. The predicted octanol–water partition coefficient (Wildman–Crippen LogP) is 5.84. The van der Waals surface area contributed by atoms with E-state index in [0.717, 1.165) is 24.3 Å². The molecular formula is C29H29ClN2O5. The van der Waals surface area contributed by atoms with Crippen molar-refractivity contribution < 1.29 is 24.5 Å². The number of ether oxygens (including phenoxy) is 1. The Kier molecular flexibility index (Phi) is 7.45. The number of ketones is 1. The highest BCUT2D eigenvalue weighted by Gasteiger charge is 2.47. The zero-order chi connectivity index (χ0) is 26.9. The molecule has 1 aliphatic heterocycles. The standard InChI is InChI=1S/C29H29ClN2O5/c1-5-31(6-2)20-11-8-18(9-12-20)26-25(27(34)19-10-14-24(37-4)21(30)16-19)28(35)29(36)32(26)22-15-17(3)7-13-23(22)33/h7-16,26,33-34H,5-6H2,1-4H3/b27-25-. The molecule has 7 nitrogen and oxygen atoms in total. The van der Waals surface area contributed by atoms with Crippen molar-refractivity contribution in [3.8, 4) is 11.5 Å². The second kappa shape index (κ2) is 10.6. The summed E-state index contributed by atoms with van der Waals surface area (Å²) < 4.78 is 5.19. The molecule has 1 fully saturated rings. The van der Waals surface area contributed by atoms with E-state index in [1.54, 1.807) is 24.3 Å². The number of benzene rings is 3. The molecule has 1 atom stereocenters. The van der Waals surface area contributed by atoms with Crippen LogP contribution in [0.5, 0.6) is 11.5 Å². The minimum atomic E-state index is -0.973. The van der Waals surface area contributed by atoms with Crippen LogP contribution in [0.2, 0.25) is 5.02 Å². The molecule has 1 unspecified atom stereocenters. The van der Waals surface area contributed by atoms with Gasteiger partial charge in [-0.15, -0.1) is 0 Å². The second-order valence-electron chi connectivity index (χ2n) is 8.77. The van der Waals surface area contributed by atoms with E-state index >= 15 is 0 Å². The minimum Gasteiger partial charge on any atom is -0.507 e. The fourth-order valence-electron chi connectivity index (χ4n) is 4.65. The number of hydrogen-bond acceptors (Lipinski definition) is 6. The zero-order valence-corrected chi connectivity index (χ0v) is 21.9. The quantitative estimate of drug-likeness (QED) is 0.231. The van der Waals surface area contributed by atoms with E-state index in [9.17, 15) is 19.8 Å². The summed E-state index contributed by atoms with van der Waals surface area (Å²) in [6.45, 7) is 7.60. The molecule has 0 spiro atoms. The highest BCUT2D eigenvalue weighted by atomic mass is 35.5. The van der Waals surface area contributed by atoms with Gasteiger partial charge in [0.2, 0.25) is 0 Å². The molecule has 4 rings (SSSR count). The van der Waals surface area contributed by atoms with Gasteiger partial charge < -0.3 is 19.8 Å². The molecule has 8 heteroatoms. The number of aliphatic hydroxyl groups is 1. The van der Waals surface area contributed by atoms with E-state index in [4.69, 9.17) is 16.3 Å². The average Bonchev–Trinajstić information content (AvgIpc) is 3.16. The largest absolute Gasteiger partial charge is 0.507 e. The van der Waals surface area contributed by atoms with Gasteiger partial charge in [-0.2, -0.15) is 0 Å². The van der Waals surface area contributed by atoms with Gasteiger partial charge in [-0.05, 0) is 74.4 Å². The van der Waals surface area contributed by atoms with Crippen LogP contribution in [0.25, 0.3) is 5.76 Å². The molecule has 2 N–H and O–H groups in total. The van der Waals surface area contributed by atoms with Crippen molar-refractivity contribution in [3.05, 3.63) is 87.9 Å². The van der Waals surface area contributed by atoms with E-state index < -0.39 is 17.7 Å². The number of Topliss-reactive ketones (excluding diaryl/α,β-unsaturated/α-hetero) is 1. The minimum absolute atomic E-state index is 0.0947. The van der Waals surface area contributed by atoms with Crippen LogP contribution in [-0.4, -0.2) is 42.1 Å². The summed E-state index contributed by atoms with van der Waals surface area (Å²) in [5.41, 5.74) is 2.76. The van der Waals surface area contributed by atoms with Gasteiger partial charge >= 0.3 is 0 Å². The second-order valence-corrected chi connectivity index (χ2v) is 9.18. The Morgan fingerprint density at radius 3 is 2.30 bits per heavy atom. The summed E-state index contributed by atoms with van der Waals surface area (Å²) in [6.07, 6.45) is 0. The number of rotatable bonds is 7. The number of nitrogens with zero attached hydrogens (tertiary/aromatic N) is 2. The van der Waals surface area contributed by atoms with Gasteiger partial charge in [0.25, 0.3) is 11.7 Å². The molecular weight excluding hydrogens is 492 g/mol. The summed E-state index contributed by atoms with van der Waals surface area (Å²) >= 11 is 6.28. The first-order chi connectivity index (χ1) is 17.7. The van der Waals surface area contributed by atoms with Crippen molar-refractivity contribution in [2.75, 3.05) is 30.0 Å². The van der Waals surface area contributed by atoms with Crippen molar-refractivity contribution in [2.45, 2.75) is 26.8 Å². The Hall–Kier alpha value is -3.97. The molecule has 192 valence electrons. The molecule has 3 aromatic rings. The molecule has 1 saturated heterocycles. The number of methoxy groups -OCH3 is 1. The van der Waals surface area contributed by atoms with Crippen molar-refractivity contribution in [3.63, 3.8) is 0 Å². The molecule has 0 radical (unpaired) electrons. The topological polar surface area (TPSA) is 90.3 Å². The Morgan fingerprint density at radius 2 is 1.70 bits per heavy atom. The number of phenols is 1. The molecule has 37 heavy (non-hydrogen) atoms. The Balaban J connectivity index is 1.93. The van der Waals surface area contributed by atoms with Crippen LogP contribution in [-0.2, 0) is 9.59 Å². The SMILES string of the molecule is CCN(CC)c1ccc(C2/C(=C(/O)c3ccc(OC)c(Cl)c3)C(=O)C(=O)N2c2cc(C)ccc2O)cc1. The number of halogens is 1. The Labute approximate surface area is 221 Å². The van der Waals surface area contributed by atoms with Crippen LogP contribution < -0.4 is 14.5 Å². The third kappa shape index (κ3) is 4.74. The number of aryl methyl sites for hydroxylation is 1. The Morgan fingerprint density at radius 1 is 1.03 bits per heavy atom. The molecule has 0 aliphatic carbocycles. The van der Waals surface area contributed by atoms with E-state index in [-0.39, 0.29) is 33.4 Å². The first-order valence-corrected chi connectivity index (χ1v) is 12.4. The van der Waals surface area contributed by atoms with Gasteiger partial charge in [0.05, 0.1) is 29.4 Å². The van der Waals surface area contributed by atoms with Crippen molar-refractivity contribution in [1.29, 1.82) is 0 Å². The van der Waals surface area contributed by atoms with Crippen molar-refractivity contribution in [2.24, 2.45) is 0 Å².